The summed E-state index contributed by atoms with van der Waals surface area (Å²) in [5.41, 5.74) is 2.57. The third kappa shape index (κ3) is 3.91. The Kier molecular flexibility index (Phi) is 5.17. The van der Waals surface area contributed by atoms with Gasteiger partial charge in [-0.1, -0.05) is 36.0 Å². The van der Waals surface area contributed by atoms with E-state index >= 15 is 0 Å². The number of fused-ring (bicyclic) bond motifs is 2. The molecule has 0 saturated heterocycles. The maximum Gasteiger partial charge on any atom is 0.233 e. The Balaban J connectivity index is 1.28. The van der Waals surface area contributed by atoms with Crippen molar-refractivity contribution in [3.05, 3.63) is 66.6 Å². The molecule has 5 rings (SSSR count). The van der Waals surface area contributed by atoms with Gasteiger partial charge in [-0.25, -0.2) is 14.6 Å². The number of amides is 1. The van der Waals surface area contributed by atoms with Gasteiger partial charge in [-0.3, -0.25) is 4.79 Å². The molecule has 2 aromatic heterocycles. The molecule has 0 bridgehead atoms. The minimum Gasteiger partial charge on any atom is -0.454 e. The molecule has 0 aliphatic carbocycles. The molecule has 0 fully saturated rings. The van der Waals surface area contributed by atoms with Crippen LogP contribution in [0.2, 0.25) is 0 Å². The van der Waals surface area contributed by atoms with Crippen LogP contribution in [0.3, 0.4) is 0 Å². The third-order valence-electron chi connectivity index (χ3n) is 4.89. The van der Waals surface area contributed by atoms with Crippen LogP contribution >= 0.6 is 11.8 Å². The van der Waals surface area contributed by atoms with Gasteiger partial charge in [-0.15, -0.1) is 0 Å². The first-order valence-corrected chi connectivity index (χ1v) is 10.6. The van der Waals surface area contributed by atoms with Crippen LogP contribution in [-0.4, -0.2) is 37.7 Å². The lowest BCUT2D eigenvalue weighted by atomic mass is 10.2. The number of hydrogen-bond donors (Lipinski definition) is 1. The van der Waals surface area contributed by atoms with Crippen molar-refractivity contribution in [3.8, 4) is 17.2 Å². The topological polar surface area (TPSA) is 91.2 Å². The lowest BCUT2D eigenvalue weighted by Gasteiger charge is -2.12. The van der Waals surface area contributed by atoms with Crippen molar-refractivity contribution in [2.24, 2.45) is 0 Å². The standard InChI is InChI=1S/C22H19N5O3S/c1-14(21(28)23-10-15-7-8-18-19(9-15)30-13-29-18)31-22-17-11-26-27(20(17)24-12-25-22)16-5-3-2-4-6-16/h2-9,11-12,14H,10,13H2,1H3,(H,23,28). The van der Waals surface area contributed by atoms with Gasteiger partial charge in [0.2, 0.25) is 12.7 Å². The molecule has 1 atom stereocenters. The van der Waals surface area contributed by atoms with Crippen LogP contribution in [0.15, 0.2) is 66.1 Å². The minimum atomic E-state index is -0.341. The summed E-state index contributed by atoms with van der Waals surface area (Å²) in [6.45, 7) is 2.49. The summed E-state index contributed by atoms with van der Waals surface area (Å²) in [5.74, 6) is 1.35. The van der Waals surface area contributed by atoms with E-state index in [-0.39, 0.29) is 18.0 Å². The number of thioether (sulfide) groups is 1. The van der Waals surface area contributed by atoms with Gasteiger partial charge in [0.25, 0.3) is 0 Å². The van der Waals surface area contributed by atoms with Crippen LogP contribution in [0.5, 0.6) is 11.5 Å². The fourth-order valence-corrected chi connectivity index (χ4v) is 4.18. The average molecular weight is 433 g/mol. The van der Waals surface area contributed by atoms with Crippen molar-refractivity contribution in [3.63, 3.8) is 0 Å². The predicted octanol–water partition coefficient (Wildman–Crippen LogP) is 3.34. The van der Waals surface area contributed by atoms with Gasteiger partial charge in [-0.2, -0.15) is 5.10 Å². The van der Waals surface area contributed by atoms with Gasteiger partial charge >= 0.3 is 0 Å². The van der Waals surface area contributed by atoms with Crippen LogP contribution < -0.4 is 14.8 Å². The van der Waals surface area contributed by atoms with Gasteiger partial charge in [-0.05, 0) is 36.8 Å². The molecular formula is C22H19N5O3S. The van der Waals surface area contributed by atoms with Crippen molar-refractivity contribution in [2.75, 3.05) is 6.79 Å². The number of nitrogens with zero attached hydrogens (tertiary/aromatic N) is 4. The molecule has 1 unspecified atom stereocenters. The number of benzene rings is 2. The molecular weight excluding hydrogens is 414 g/mol. The van der Waals surface area contributed by atoms with Gasteiger partial charge < -0.3 is 14.8 Å². The predicted molar refractivity (Wildman–Crippen MR) is 116 cm³/mol. The lowest BCUT2D eigenvalue weighted by Crippen LogP contribution is -2.30. The molecule has 31 heavy (non-hydrogen) atoms. The zero-order valence-corrected chi connectivity index (χ0v) is 17.5. The highest BCUT2D eigenvalue weighted by Crippen LogP contribution is 2.32. The molecule has 0 saturated carbocycles. The van der Waals surface area contributed by atoms with E-state index in [0.29, 0.717) is 17.9 Å². The van der Waals surface area contributed by atoms with E-state index < -0.39 is 0 Å². The summed E-state index contributed by atoms with van der Waals surface area (Å²) < 4.78 is 12.5. The Hall–Kier alpha value is -3.59. The normalized spacial score (nSPS) is 13.3. The second-order valence-corrected chi connectivity index (χ2v) is 8.30. The second kappa shape index (κ2) is 8.27. The molecule has 1 amide bonds. The Morgan fingerprint density at radius 1 is 1.16 bits per heavy atom. The van der Waals surface area contributed by atoms with E-state index in [0.717, 1.165) is 27.4 Å². The number of carbonyl (C=O) groups is 1. The molecule has 0 spiro atoms. The first-order valence-electron chi connectivity index (χ1n) is 9.76. The first kappa shape index (κ1) is 19.4. The van der Waals surface area contributed by atoms with Crippen LogP contribution in [0.25, 0.3) is 16.7 Å². The molecule has 1 aliphatic heterocycles. The smallest absolute Gasteiger partial charge is 0.233 e. The average Bonchev–Trinajstić information content (AvgIpc) is 3.45. The maximum absolute atomic E-state index is 12.7. The highest BCUT2D eigenvalue weighted by molar-refractivity contribution is 8.00. The largest absolute Gasteiger partial charge is 0.454 e. The maximum atomic E-state index is 12.7. The molecule has 1 N–H and O–H groups in total. The minimum absolute atomic E-state index is 0.0788. The Morgan fingerprint density at radius 2 is 2.00 bits per heavy atom. The number of aromatic nitrogens is 4. The number of carbonyl (C=O) groups excluding carboxylic acids is 1. The molecule has 8 nitrogen and oxygen atoms in total. The van der Waals surface area contributed by atoms with Gasteiger partial charge in [0, 0.05) is 6.54 Å². The molecule has 0 radical (unpaired) electrons. The molecule has 4 aromatic rings. The number of nitrogens with one attached hydrogen (secondary N) is 1. The molecule has 9 heteroatoms. The van der Waals surface area contributed by atoms with Crippen molar-refractivity contribution in [1.82, 2.24) is 25.1 Å². The quantitative estimate of drug-likeness (QED) is 0.368. The second-order valence-electron chi connectivity index (χ2n) is 6.97. The zero-order chi connectivity index (χ0) is 21.2. The summed E-state index contributed by atoms with van der Waals surface area (Å²) in [6.07, 6.45) is 3.24. The zero-order valence-electron chi connectivity index (χ0n) is 16.7. The number of para-hydroxylation sites is 1. The van der Waals surface area contributed by atoms with E-state index in [2.05, 4.69) is 20.4 Å². The van der Waals surface area contributed by atoms with Crippen molar-refractivity contribution in [2.45, 2.75) is 23.7 Å². The summed E-state index contributed by atoms with van der Waals surface area (Å²) >= 11 is 1.38. The summed E-state index contributed by atoms with van der Waals surface area (Å²) in [5, 5.41) is 8.62. The van der Waals surface area contributed by atoms with Gasteiger partial charge in [0.05, 0.1) is 22.5 Å². The van der Waals surface area contributed by atoms with Crippen molar-refractivity contribution in [1.29, 1.82) is 0 Å². The van der Waals surface area contributed by atoms with Gasteiger partial charge in [0.15, 0.2) is 17.1 Å². The highest BCUT2D eigenvalue weighted by atomic mass is 32.2. The molecule has 1 aliphatic rings. The lowest BCUT2D eigenvalue weighted by molar-refractivity contribution is -0.120. The number of hydrogen-bond acceptors (Lipinski definition) is 7. The van der Waals surface area contributed by atoms with Crippen LogP contribution in [0, 0.1) is 0 Å². The van der Waals surface area contributed by atoms with E-state index in [4.69, 9.17) is 9.47 Å². The van der Waals surface area contributed by atoms with Crippen LogP contribution in [-0.2, 0) is 11.3 Å². The fourth-order valence-electron chi connectivity index (χ4n) is 3.28. The number of ether oxygens (including phenoxy) is 2. The van der Waals surface area contributed by atoms with E-state index in [1.165, 1.54) is 18.1 Å². The van der Waals surface area contributed by atoms with Crippen molar-refractivity contribution >= 4 is 28.7 Å². The van der Waals surface area contributed by atoms with Crippen molar-refractivity contribution < 1.29 is 14.3 Å². The van der Waals surface area contributed by atoms with E-state index in [9.17, 15) is 4.79 Å². The fraction of sp³-hybridized carbons (Fsp3) is 0.182. The summed E-state index contributed by atoms with van der Waals surface area (Å²) in [6, 6.07) is 15.4. The van der Waals surface area contributed by atoms with E-state index in [1.807, 2.05) is 55.5 Å². The molecule has 2 aromatic carbocycles. The SMILES string of the molecule is CC(Sc1ncnc2c1cnn2-c1ccccc1)C(=O)NCc1ccc2c(c1)OCO2. The summed E-state index contributed by atoms with van der Waals surface area (Å²) in [7, 11) is 0. The Labute approximate surface area is 182 Å². The third-order valence-corrected chi connectivity index (χ3v) is 6.01. The molecule has 156 valence electrons. The summed E-state index contributed by atoms with van der Waals surface area (Å²) in [4.78, 5) is 21.4. The molecule has 3 heterocycles. The number of rotatable bonds is 6. The van der Waals surface area contributed by atoms with Gasteiger partial charge in [0.1, 0.15) is 11.4 Å². The van der Waals surface area contributed by atoms with Crippen LogP contribution in [0.4, 0.5) is 0 Å². The Bertz CT molecular complexity index is 1240. The van der Waals surface area contributed by atoms with Crippen LogP contribution in [0.1, 0.15) is 12.5 Å². The monoisotopic (exact) mass is 433 g/mol. The highest BCUT2D eigenvalue weighted by Gasteiger charge is 2.19. The first-order chi connectivity index (χ1) is 15.2. The Morgan fingerprint density at radius 3 is 2.87 bits per heavy atom. The van der Waals surface area contributed by atoms with E-state index in [1.54, 1.807) is 10.9 Å².